The Balaban J connectivity index is 1.80. The second-order valence-electron chi connectivity index (χ2n) is 5.24. The van der Waals surface area contributed by atoms with E-state index in [1.54, 1.807) is 12.5 Å². The van der Waals surface area contributed by atoms with E-state index in [-0.39, 0.29) is 17.9 Å². The molecule has 0 aliphatic heterocycles. The van der Waals surface area contributed by atoms with Crippen molar-refractivity contribution in [1.82, 2.24) is 14.9 Å². The molecule has 1 aromatic heterocycles. The molecule has 106 valence electrons. The smallest absolute Gasteiger partial charge is 0.220 e. The highest BCUT2D eigenvalue weighted by Gasteiger charge is 2.13. The Hall–Kier alpha value is -2.10. The van der Waals surface area contributed by atoms with Gasteiger partial charge in [-0.2, -0.15) is 0 Å². The molecule has 0 aliphatic carbocycles. The second-order valence-corrected chi connectivity index (χ2v) is 5.24. The van der Waals surface area contributed by atoms with E-state index in [1.807, 2.05) is 35.9 Å². The molecule has 0 bridgehead atoms. The first kappa shape index (κ1) is 14.3. The Kier molecular flexibility index (Phi) is 4.93. The summed E-state index contributed by atoms with van der Waals surface area (Å²) in [5.41, 5.74) is 1.20. The Labute approximate surface area is 119 Å². The van der Waals surface area contributed by atoms with Gasteiger partial charge in [0.05, 0.1) is 6.33 Å². The van der Waals surface area contributed by atoms with Gasteiger partial charge >= 0.3 is 0 Å². The fourth-order valence-corrected chi connectivity index (χ4v) is 2.27. The molecule has 0 aliphatic rings. The van der Waals surface area contributed by atoms with Crippen molar-refractivity contribution in [2.24, 2.45) is 0 Å². The maximum absolute atomic E-state index is 12.0. The van der Waals surface area contributed by atoms with Gasteiger partial charge in [0.1, 0.15) is 0 Å². The maximum atomic E-state index is 12.0. The average Bonchev–Trinajstić information content (AvgIpc) is 2.92. The summed E-state index contributed by atoms with van der Waals surface area (Å²) in [6, 6.07) is 10.2. The van der Waals surface area contributed by atoms with Crippen LogP contribution in [0.1, 0.15) is 31.7 Å². The summed E-state index contributed by atoms with van der Waals surface area (Å²) in [5, 5.41) is 3.03. The van der Waals surface area contributed by atoms with Gasteiger partial charge in [0.2, 0.25) is 5.91 Å². The van der Waals surface area contributed by atoms with E-state index in [1.165, 1.54) is 5.56 Å². The average molecular weight is 271 g/mol. The van der Waals surface area contributed by atoms with Crippen LogP contribution in [0.4, 0.5) is 0 Å². The Morgan fingerprint density at radius 1 is 1.30 bits per heavy atom. The fraction of sp³-hybridized carbons (Fsp3) is 0.375. The van der Waals surface area contributed by atoms with Crippen LogP contribution in [0.15, 0.2) is 49.1 Å². The van der Waals surface area contributed by atoms with Crippen LogP contribution in [0.2, 0.25) is 0 Å². The summed E-state index contributed by atoms with van der Waals surface area (Å²) in [5.74, 6) is 0.325. The number of rotatable bonds is 6. The van der Waals surface area contributed by atoms with E-state index in [0.29, 0.717) is 6.42 Å². The van der Waals surface area contributed by atoms with Crippen LogP contribution in [0.3, 0.4) is 0 Å². The predicted octanol–water partition coefficient (Wildman–Crippen LogP) is 2.58. The molecule has 4 heteroatoms. The molecule has 2 atom stereocenters. The molecule has 1 aromatic carbocycles. The van der Waals surface area contributed by atoms with E-state index in [9.17, 15) is 4.79 Å². The first-order chi connectivity index (χ1) is 9.65. The quantitative estimate of drug-likeness (QED) is 0.877. The molecule has 2 unspecified atom stereocenters. The molecule has 0 spiro atoms. The highest BCUT2D eigenvalue weighted by Crippen LogP contribution is 2.18. The summed E-state index contributed by atoms with van der Waals surface area (Å²) in [6.45, 7) is 4.83. The van der Waals surface area contributed by atoms with Crippen molar-refractivity contribution in [1.29, 1.82) is 0 Å². The molecule has 1 amide bonds. The van der Waals surface area contributed by atoms with Gasteiger partial charge < -0.3 is 9.88 Å². The van der Waals surface area contributed by atoms with Gasteiger partial charge in [-0.3, -0.25) is 4.79 Å². The number of carbonyl (C=O) groups excluding carboxylic acids is 1. The van der Waals surface area contributed by atoms with E-state index in [2.05, 4.69) is 29.4 Å². The largest absolute Gasteiger partial charge is 0.352 e. The van der Waals surface area contributed by atoms with Gasteiger partial charge in [-0.05, 0) is 18.4 Å². The molecule has 0 fully saturated rings. The van der Waals surface area contributed by atoms with Crippen molar-refractivity contribution in [2.45, 2.75) is 38.8 Å². The van der Waals surface area contributed by atoms with E-state index in [4.69, 9.17) is 0 Å². The molecular formula is C16H21N3O. The van der Waals surface area contributed by atoms with Crippen LogP contribution >= 0.6 is 0 Å². The van der Waals surface area contributed by atoms with Gasteiger partial charge in [-0.25, -0.2) is 4.98 Å². The highest BCUT2D eigenvalue weighted by molar-refractivity contribution is 5.77. The number of nitrogens with zero attached hydrogens (tertiary/aromatic N) is 2. The number of hydrogen-bond donors (Lipinski definition) is 1. The Bertz CT molecular complexity index is 522. The number of nitrogens with one attached hydrogen (secondary N) is 1. The monoisotopic (exact) mass is 271 g/mol. The molecular weight excluding hydrogens is 250 g/mol. The van der Waals surface area contributed by atoms with Gasteiger partial charge in [0.25, 0.3) is 0 Å². The van der Waals surface area contributed by atoms with E-state index in [0.717, 1.165) is 6.54 Å². The lowest BCUT2D eigenvalue weighted by atomic mass is 9.97. The standard InChI is InChI=1S/C16H21N3O/c1-13(15-6-4-3-5-7-15)10-16(20)18-14(2)11-19-9-8-17-12-19/h3-9,12-14H,10-11H2,1-2H3,(H,18,20). The SMILES string of the molecule is CC(Cn1ccnc1)NC(=O)CC(C)c1ccccc1. The molecule has 20 heavy (non-hydrogen) atoms. The minimum atomic E-state index is 0.0916. The van der Waals surface area contributed by atoms with Crippen molar-refractivity contribution < 1.29 is 4.79 Å². The zero-order valence-corrected chi connectivity index (χ0v) is 12.0. The third-order valence-corrected chi connectivity index (χ3v) is 3.31. The summed E-state index contributed by atoms with van der Waals surface area (Å²) in [4.78, 5) is 16.0. The normalized spacial score (nSPS) is 13.7. The zero-order valence-electron chi connectivity index (χ0n) is 12.0. The second kappa shape index (κ2) is 6.89. The van der Waals surface area contributed by atoms with Gasteiger partial charge in [-0.15, -0.1) is 0 Å². The van der Waals surface area contributed by atoms with Crippen LogP contribution in [-0.2, 0) is 11.3 Å². The maximum Gasteiger partial charge on any atom is 0.220 e. The lowest BCUT2D eigenvalue weighted by molar-refractivity contribution is -0.122. The van der Waals surface area contributed by atoms with Crippen molar-refractivity contribution in [3.05, 3.63) is 54.6 Å². The summed E-state index contributed by atoms with van der Waals surface area (Å²) < 4.78 is 1.96. The number of hydrogen-bond acceptors (Lipinski definition) is 2. The van der Waals surface area contributed by atoms with Crippen LogP contribution in [0, 0.1) is 0 Å². The lowest BCUT2D eigenvalue weighted by Gasteiger charge is -2.17. The predicted molar refractivity (Wildman–Crippen MR) is 79.3 cm³/mol. The third-order valence-electron chi connectivity index (χ3n) is 3.31. The molecule has 2 rings (SSSR count). The van der Waals surface area contributed by atoms with Crippen LogP contribution in [0.5, 0.6) is 0 Å². The summed E-state index contributed by atoms with van der Waals surface area (Å²) in [6.07, 6.45) is 5.91. The van der Waals surface area contributed by atoms with Crippen molar-refractivity contribution >= 4 is 5.91 Å². The molecule has 1 N–H and O–H groups in total. The molecule has 1 heterocycles. The highest BCUT2D eigenvalue weighted by atomic mass is 16.1. The number of benzene rings is 1. The summed E-state index contributed by atoms with van der Waals surface area (Å²) in [7, 11) is 0. The third kappa shape index (κ3) is 4.23. The fourth-order valence-electron chi connectivity index (χ4n) is 2.27. The molecule has 0 radical (unpaired) electrons. The molecule has 2 aromatic rings. The Morgan fingerprint density at radius 2 is 2.05 bits per heavy atom. The van der Waals surface area contributed by atoms with Gasteiger partial charge in [0, 0.05) is 31.4 Å². The minimum absolute atomic E-state index is 0.0916. The topological polar surface area (TPSA) is 46.9 Å². The van der Waals surface area contributed by atoms with Crippen LogP contribution < -0.4 is 5.32 Å². The first-order valence-corrected chi connectivity index (χ1v) is 6.95. The van der Waals surface area contributed by atoms with Gasteiger partial charge in [-0.1, -0.05) is 37.3 Å². The lowest BCUT2D eigenvalue weighted by Crippen LogP contribution is -2.35. The molecule has 0 saturated heterocycles. The van der Waals surface area contributed by atoms with Crippen molar-refractivity contribution in [3.63, 3.8) is 0 Å². The van der Waals surface area contributed by atoms with Crippen molar-refractivity contribution in [2.75, 3.05) is 0 Å². The number of amides is 1. The van der Waals surface area contributed by atoms with Crippen LogP contribution in [-0.4, -0.2) is 21.5 Å². The van der Waals surface area contributed by atoms with Crippen LogP contribution in [0.25, 0.3) is 0 Å². The number of aromatic nitrogens is 2. The molecule has 4 nitrogen and oxygen atoms in total. The van der Waals surface area contributed by atoms with E-state index >= 15 is 0 Å². The number of carbonyl (C=O) groups is 1. The Morgan fingerprint density at radius 3 is 2.70 bits per heavy atom. The first-order valence-electron chi connectivity index (χ1n) is 6.95. The van der Waals surface area contributed by atoms with E-state index < -0.39 is 0 Å². The van der Waals surface area contributed by atoms with Gasteiger partial charge in [0.15, 0.2) is 0 Å². The zero-order chi connectivity index (χ0) is 14.4. The number of imidazole rings is 1. The summed E-state index contributed by atoms with van der Waals surface area (Å²) >= 11 is 0. The van der Waals surface area contributed by atoms with Crippen molar-refractivity contribution in [3.8, 4) is 0 Å². The molecule has 0 saturated carbocycles. The minimum Gasteiger partial charge on any atom is -0.352 e.